The van der Waals surface area contributed by atoms with Crippen LogP contribution in [0.2, 0.25) is 5.02 Å². The average Bonchev–Trinajstić information content (AvgIpc) is 2.28. The van der Waals surface area contributed by atoms with Crippen LogP contribution in [0.15, 0.2) is 24.3 Å². The van der Waals surface area contributed by atoms with Crippen molar-refractivity contribution in [3.05, 3.63) is 34.9 Å². The highest BCUT2D eigenvalue weighted by Crippen LogP contribution is 2.23. The smallest absolute Gasteiger partial charge is 0.0453 e. The van der Waals surface area contributed by atoms with E-state index in [0.717, 1.165) is 17.0 Å². The van der Waals surface area contributed by atoms with Crippen LogP contribution in [0, 0.1) is 5.92 Å². The van der Waals surface area contributed by atoms with E-state index >= 15 is 0 Å². The number of benzene rings is 1. The van der Waals surface area contributed by atoms with Gasteiger partial charge in [-0.1, -0.05) is 43.6 Å². The Morgan fingerprint density at radius 1 is 1.24 bits per heavy atom. The van der Waals surface area contributed by atoms with E-state index < -0.39 is 0 Å². The lowest BCUT2D eigenvalue weighted by Gasteiger charge is -2.26. The summed E-state index contributed by atoms with van der Waals surface area (Å²) >= 11 is 6.17. The molecule has 0 heterocycles. The SMILES string of the molecule is CC(NC(CCO)C(C)C)c1ccccc1Cl. The molecule has 0 saturated heterocycles. The largest absolute Gasteiger partial charge is 0.396 e. The average molecular weight is 256 g/mol. The van der Waals surface area contributed by atoms with Crippen molar-refractivity contribution in [3.63, 3.8) is 0 Å². The third-order valence-corrected chi connectivity index (χ3v) is 3.42. The molecule has 17 heavy (non-hydrogen) atoms. The quantitative estimate of drug-likeness (QED) is 0.817. The highest BCUT2D eigenvalue weighted by atomic mass is 35.5. The summed E-state index contributed by atoms with van der Waals surface area (Å²) in [5, 5.41) is 13.4. The normalized spacial score (nSPS) is 14.9. The van der Waals surface area contributed by atoms with Crippen molar-refractivity contribution in [3.8, 4) is 0 Å². The van der Waals surface area contributed by atoms with Crippen molar-refractivity contribution in [1.29, 1.82) is 0 Å². The van der Waals surface area contributed by atoms with Crippen LogP contribution < -0.4 is 5.32 Å². The predicted octanol–water partition coefficient (Wildman–Crippen LogP) is 3.40. The van der Waals surface area contributed by atoms with Gasteiger partial charge in [0.2, 0.25) is 0 Å². The molecule has 0 spiro atoms. The van der Waals surface area contributed by atoms with Gasteiger partial charge in [0.05, 0.1) is 0 Å². The van der Waals surface area contributed by atoms with Gasteiger partial charge in [-0.05, 0) is 30.9 Å². The second-order valence-corrected chi connectivity index (χ2v) is 5.18. The first kappa shape index (κ1) is 14.5. The van der Waals surface area contributed by atoms with E-state index in [1.54, 1.807) is 0 Å². The summed E-state index contributed by atoms with van der Waals surface area (Å²) in [6.45, 7) is 6.64. The van der Waals surface area contributed by atoms with Crippen molar-refractivity contribution >= 4 is 11.6 Å². The highest BCUT2D eigenvalue weighted by Gasteiger charge is 2.17. The molecule has 0 aromatic heterocycles. The lowest BCUT2D eigenvalue weighted by Crippen LogP contribution is -2.36. The van der Waals surface area contributed by atoms with Crippen molar-refractivity contribution in [2.75, 3.05) is 6.61 Å². The van der Waals surface area contributed by atoms with Gasteiger partial charge in [0.1, 0.15) is 0 Å². The first-order chi connectivity index (χ1) is 8.06. The molecular formula is C14H22ClNO. The van der Waals surface area contributed by atoms with Gasteiger partial charge in [-0.2, -0.15) is 0 Å². The van der Waals surface area contributed by atoms with Crippen LogP contribution in [0.1, 0.15) is 38.8 Å². The Hall–Kier alpha value is -0.570. The molecule has 0 aliphatic carbocycles. The standard InChI is InChI=1S/C14H22ClNO/c1-10(2)14(8-9-17)16-11(3)12-6-4-5-7-13(12)15/h4-7,10-11,14,16-17H,8-9H2,1-3H3. The maximum Gasteiger partial charge on any atom is 0.0453 e. The third-order valence-electron chi connectivity index (χ3n) is 3.08. The Kier molecular flexibility index (Phi) is 5.96. The summed E-state index contributed by atoms with van der Waals surface area (Å²) < 4.78 is 0. The third kappa shape index (κ3) is 4.30. The highest BCUT2D eigenvalue weighted by molar-refractivity contribution is 6.31. The summed E-state index contributed by atoms with van der Waals surface area (Å²) in [7, 11) is 0. The molecule has 1 aromatic carbocycles. The zero-order chi connectivity index (χ0) is 12.8. The molecule has 96 valence electrons. The van der Waals surface area contributed by atoms with Crippen LogP contribution in [0.3, 0.4) is 0 Å². The Morgan fingerprint density at radius 3 is 2.41 bits per heavy atom. The number of halogens is 1. The molecule has 0 saturated carbocycles. The molecule has 0 bridgehead atoms. The number of nitrogens with one attached hydrogen (secondary N) is 1. The van der Waals surface area contributed by atoms with E-state index in [-0.39, 0.29) is 12.6 Å². The number of rotatable bonds is 6. The fourth-order valence-electron chi connectivity index (χ4n) is 1.99. The molecule has 0 aliphatic heterocycles. The predicted molar refractivity (Wildman–Crippen MR) is 73.3 cm³/mol. The van der Waals surface area contributed by atoms with E-state index in [2.05, 4.69) is 26.1 Å². The van der Waals surface area contributed by atoms with Crippen molar-refractivity contribution in [2.24, 2.45) is 5.92 Å². The minimum absolute atomic E-state index is 0.197. The van der Waals surface area contributed by atoms with Crippen LogP contribution in [-0.2, 0) is 0 Å². The molecule has 2 atom stereocenters. The second-order valence-electron chi connectivity index (χ2n) is 4.77. The molecule has 2 nitrogen and oxygen atoms in total. The summed E-state index contributed by atoms with van der Waals surface area (Å²) in [6, 6.07) is 8.39. The van der Waals surface area contributed by atoms with Gasteiger partial charge < -0.3 is 10.4 Å². The fourth-order valence-corrected chi connectivity index (χ4v) is 2.28. The zero-order valence-corrected chi connectivity index (χ0v) is 11.5. The lowest BCUT2D eigenvalue weighted by molar-refractivity contribution is 0.237. The maximum atomic E-state index is 9.06. The van der Waals surface area contributed by atoms with Crippen LogP contribution >= 0.6 is 11.6 Å². The van der Waals surface area contributed by atoms with Gasteiger partial charge in [0, 0.05) is 23.7 Å². The van der Waals surface area contributed by atoms with E-state index in [4.69, 9.17) is 16.7 Å². The summed E-state index contributed by atoms with van der Waals surface area (Å²) in [5.74, 6) is 0.493. The Balaban J connectivity index is 2.70. The van der Waals surface area contributed by atoms with Crippen molar-refractivity contribution in [1.82, 2.24) is 5.32 Å². The molecule has 2 unspecified atom stereocenters. The molecule has 0 radical (unpaired) electrons. The summed E-state index contributed by atoms with van der Waals surface area (Å²) in [6.07, 6.45) is 0.770. The number of hydrogen-bond donors (Lipinski definition) is 2. The first-order valence-electron chi connectivity index (χ1n) is 6.17. The minimum Gasteiger partial charge on any atom is -0.396 e. The molecule has 0 amide bonds. The van der Waals surface area contributed by atoms with E-state index in [0.29, 0.717) is 12.0 Å². The molecule has 3 heteroatoms. The van der Waals surface area contributed by atoms with Crippen LogP contribution in [0.5, 0.6) is 0 Å². The van der Waals surface area contributed by atoms with Gasteiger partial charge >= 0.3 is 0 Å². The summed E-state index contributed by atoms with van der Waals surface area (Å²) in [4.78, 5) is 0. The van der Waals surface area contributed by atoms with E-state index in [9.17, 15) is 0 Å². The molecule has 1 aromatic rings. The Bertz CT molecular complexity index is 341. The fraction of sp³-hybridized carbons (Fsp3) is 0.571. The zero-order valence-electron chi connectivity index (χ0n) is 10.8. The van der Waals surface area contributed by atoms with Crippen LogP contribution in [-0.4, -0.2) is 17.8 Å². The van der Waals surface area contributed by atoms with Crippen molar-refractivity contribution < 1.29 is 5.11 Å². The maximum absolute atomic E-state index is 9.06. The number of aliphatic hydroxyl groups excluding tert-OH is 1. The van der Waals surface area contributed by atoms with Gasteiger partial charge in [0.25, 0.3) is 0 Å². The second kappa shape index (κ2) is 7.00. The Labute approximate surface area is 109 Å². The first-order valence-corrected chi connectivity index (χ1v) is 6.55. The van der Waals surface area contributed by atoms with E-state index in [1.165, 1.54) is 0 Å². The number of aliphatic hydroxyl groups is 1. The van der Waals surface area contributed by atoms with Crippen LogP contribution in [0.25, 0.3) is 0 Å². The number of hydrogen-bond acceptors (Lipinski definition) is 2. The minimum atomic E-state index is 0.197. The van der Waals surface area contributed by atoms with Gasteiger partial charge in [0.15, 0.2) is 0 Å². The summed E-state index contributed by atoms with van der Waals surface area (Å²) in [5.41, 5.74) is 1.11. The Morgan fingerprint density at radius 2 is 1.88 bits per heavy atom. The van der Waals surface area contributed by atoms with Crippen molar-refractivity contribution in [2.45, 2.75) is 39.3 Å². The molecule has 0 aliphatic rings. The van der Waals surface area contributed by atoms with E-state index in [1.807, 2.05) is 24.3 Å². The molecule has 1 rings (SSSR count). The molecule has 0 fully saturated rings. The monoisotopic (exact) mass is 255 g/mol. The van der Waals surface area contributed by atoms with Gasteiger partial charge in [-0.15, -0.1) is 0 Å². The van der Waals surface area contributed by atoms with Gasteiger partial charge in [-0.3, -0.25) is 0 Å². The lowest BCUT2D eigenvalue weighted by atomic mass is 9.98. The topological polar surface area (TPSA) is 32.3 Å². The van der Waals surface area contributed by atoms with Crippen LogP contribution in [0.4, 0.5) is 0 Å². The van der Waals surface area contributed by atoms with Gasteiger partial charge in [-0.25, -0.2) is 0 Å². The molecular weight excluding hydrogens is 234 g/mol. The molecule has 2 N–H and O–H groups in total.